The van der Waals surface area contributed by atoms with Crippen LogP contribution < -0.4 is 5.32 Å². The summed E-state index contributed by atoms with van der Waals surface area (Å²) >= 11 is 8.07. The molecule has 0 saturated carbocycles. The minimum absolute atomic E-state index is 0. The summed E-state index contributed by atoms with van der Waals surface area (Å²) in [6, 6.07) is 8.39. The molecule has 1 fully saturated rings. The van der Waals surface area contributed by atoms with Gasteiger partial charge in [-0.1, -0.05) is 29.8 Å². The molecule has 1 aromatic heterocycles. The smallest absolute Gasteiger partial charge is 0.122 e. The molecule has 4 nitrogen and oxygen atoms in total. The van der Waals surface area contributed by atoms with Crippen molar-refractivity contribution in [2.24, 2.45) is 0 Å². The lowest BCUT2D eigenvalue weighted by Crippen LogP contribution is -2.45. The van der Waals surface area contributed by atoms with Gasteiger partial charge in [0.05, 0.1) is 5.69 Å². The first kappa shape index (κ1) is 22.6. The van der Waals surface area contributed by atoms with Crippen molar-refractivity contribution in [3.8, 4) is 0 Å². The van der Waals surface area contributed by atoms with E-state index in [4.69, 9.17) is 21.3 Å². The lowest BCUT2D eigenvalue weighted by molar-refractivity contribution is 0.118. The maximum Gasteiger partial charge on any atom is 0.122 e. The van der Waals surface area contributed by atoms with Crippen LogP contribution in [-0.4, -0.2) is 36.6 Å². The van der Waals surface area contributed by atoms with Crippen molar-refractivity contribution in [2.75, 3.05) is 26.7 Å². The maximum atomic E-state index is 6.41. The molecule has 2 heterocycles. The van der Waals surface area contributed by atoms with E-state index >= 15 is 0 Å². The Hall–Kier alpha value is -0.400. The molecule has 25 heavy (non-hydrogen) atoms. The number of piperazine rings is 1. The zero-order chi connectivity index (χ0) is 16.2. The lowest BCUT2D eigenvalue weighted by Gasteiger charge is -2.36. The second-order valence-electron chi connectivity index (χ2n) is 5.77. The molecule has 0 amide bonds. The van der Waals surface area contributed by atoms with E-state index in [9.17, 15) is 0 Å². The molecule has 1 aliphatic rings. The Bertz CT molecular complexity index is 656. The van der Waals surface area contributed by atoms with Crippen LogP contribution in [0.2, 0.25) is 5.02 Å². The summed E-state index contributed by atoms with van der Waals surface area (Å²) < 4.78 is 5.35. The zero-order valence-corrected chi connectivity index (χ0v) is 17.5. The van der Waals surface area contributed by atoms with Crippen LogP contribution in [0.15, 0.2) is 29.6 Å². The summed E-state index contributed by atoms with van der Waals surface area (Å²) in [5.74, 6) is 0. The molecule has 2 unspecified atom stereocenters. The topological polar surface area (TPSA) is 37.4 Å². The fraction of sp³-hybridized carbons (Fsp3) is 0.471. The molecular formula is C17H24Cl3N3OS. The number of rotatable bonds is 5. The second-order valence-corrected chi connectivity index (χ2v) is 7.06. The van der Waals surface area contributed by atoms with Crippen molar-refractivity contribution < 1.29 is 4.74 Å². The van der Waals surface area contributed by atoms with Gasteiger partial charge in [0.1, 0.15) is 11.1 Å². The van der Waals surface area contributed by atoms with Gasteiger partial charge < -0.3 is 10.1 Å². The number of methoxy groups -OCH3 is 1. The average molecular weight is 425 g/mol. The Morgan fingerprint density at radius 1 is 1.40 bits per heavy atom. The largest absolute Gasteiger partial charge is 0.375 e. The summed E-state index contributed by atoms with van der Waals surface area (Å²) in [5, 5.41) is 7.47. The molecular weight excluding hydrogens is 401 g/mol. The number of halogens is 3. The van der Waals surface area contributed by atoms with E-state index < -0.39 is 0 Å². The van der Waals surface area contributed by atoms with E-state index in [1.807, 2.05) is 19.1 Å². The third-order valence-corrected chi connectivity index (χ3v) is 5.65. The monoisotopic (exact) mass is 423 g/mol. The minimum Gasteiger partial charge on any atom is -0.375 e. The molecule has 1 aliphatic heterocycles. The summed E-state index contributed by atoms with van der Waals surface area (Å²) in [6.45, 7) is 5.76. The molecule has 0 bridgehead atoms. The number of benzene rings is 1. The van der Waals surface area contributed by atoms with E-state index in [1.54, 1.807) is 18.4 Å². The molecule has 1 aromatic carbocycles. The quantitative estimate of drug-likeness (QED) is 0.767. The van der Waals surface area contributed by atoms with Crippen LogP contribution in [0.25, 0.3) is 0 Å². The molecule has 0 aliphatic carbocycles. The van der Waals surface area contributed by atoms with Gasteiger partial charge in [-0.15, -0.1) is 36.2 Å². The van der Waals surface area contributed by atoms with E-state index in [0.29, 0.717) is 0 Å². The number of nitrogens with one attached hydrogen (secondary N) is 1. The zero-order valence-electron chi connectivity index (χ0n) is 14.3. The first-order valence-electron chi connectivity index (χ1n) is 7.85. The third kappa shape index (κ3) is 5.54. The summed E-state index contributed by atoms with van der Waals surface area (Å²) in [7, 11) is 1.72. The standard InChI is InChI=1S/C17H22ClN3OS.2ClH/c1-12(22-2)17-20-13(11-23-17)10-21-8-7-19-9-16(21)14-5-3-4-6-15(14)18;;/h3-6,11-12,16,19H,7-10H2,1-2H3;2*1H. The van der Waals surface area contributed by atoms with Gasteiger partial charge in [-0.2, -0.15) is 0 Å². The molecule has 8 heteroatoms. The predicted molar refractivity (Wildman–Crippen MR) is 110 cm³/mol. The molecule has 140 valence electrons. The summed E-state index contributed by atoms with van der Waals surface area (Å²) in [5.41, 5.74) is 2.29. The summed E-state index contributed by atoms with van der Waals surface area (Å²) in [4.78, 5) is 7.18. The van der Waals surface area contributed by atoms with Crippen LogP contribution in [-0.2, 0) is 11.3 Å². The Kier molecular flexibility index (Phi) is 9.67. The SMILES string of the molecule is COC(C)c1nc(CN2CCNCC2c2ccccc2Cl)cs1.Cl.Cl. The van der Waals surface area contributed by atoms with Gasteiger partial charge in [-0.3, -0.25) is 4.90 Å². The van der Waals surface area contributed by atoms with Crippen molar-refractivity contribution in [1.82, 2.24) is 15.2 Å². The van der Waals surface area contributed by atoms with Crippen LogP contribution in [0.1, 0.15) is 35.3 Å². The molecule has 0 radical (unpaired) electrons. The highest BCUT2D eigenvalue weighted by atomic mass is 35.5. The maximum absolute atomic E-state index is 6.41. The molecule has 2 atom stereocenters. The number of thiazole rings is 1. The van der Waals surface area contributed by atoms with Gasteiger partial charge in [0.25, 0.3) is 0 Å². The van der Waals surface area contributed by atoms with Crippen LogP contribution in [0, 0.1) is 0 Å². The highest BCUT2D eigenvalue weighted by Crippen LogP contribution is 2.30. The molecule has 0 spiro atoms. The third-order valence-electron chi connectivity index (χ3n) is 4.25. The van der Waals surface area contributed by atoms with Crippen molar-refractivity contribution in [3.63, 3.8) is 0 Å². The van der Waals surface area contributed by atoms with Gasteiger partial charge in [-0.05, 0) is 18.6 Å². The molecule has 1 N–H and O–H groups in total. The van der Waals surface area contributed by atoms with Crippen molar-refractivity contribution in [1.29, 1.82) is 0 Å². The number of hydrogen-bond acceptors (Lipinski definition) is 5. The van der Waals surface area contributed by atoms with Crippen molar-refractivity contribution in [3.05, 3.63) is 50.9 Å². The van der Waals surface area contributed by atoms with Gasteiger partial charge >= 0.3 is 0 Å². The van der Waals surface area contributed by atoms with Crippen LogP contribution in [0.5, 0.6) is 0 Å². The van der Waals surface area contributed by atoms with Gasteiger partial charge in [0.15, 0.2) is 0 Å². The van der Waals surface area contributed by atoms with E-state index in [0.717, 1.165) is 41.9 Å². The number of aromatic nitrogens is 1. The molecule has 3 rings (SSSR count). The van der Waals surface area contributed by atoms with E-state index in [2.05, 4.69) is 27.7 Å². The Labute approximate surface area is 170 Å². The van der Waals surface area contributed by atoms with Gasteiger partial charge in [0, 0.05) is 49.7 Å². The number of hydrogen-bond donors (Lipinski definition) is 1. The normalized spacial score (nSPS) is 18.9. The van der Waals surface area contributed by atoms with Gasteiger partial charge in [-0.25, -0.2) is 4.98 Å². The van der Waals surface area contributed by atoms with Crippen LogP contribution in [0.3, 0.4) is 0 Å². The first-order chi connectivity index (χ1) is 11.2. The second kappa shape index (κ2) is 10.7. The summed E-state index contributed by atoms with van der Waals surface area (Å²) in [6.07, 6.45) is 0.0520. The van der Waals surface area contributed by atoms with Gasteiger partial charge in [0.2, 0.25) is 0 Å². The van der Waals surface area contributed by atoms with Crippen molar-refractivity contribution >= 4 is 47.8 Å². The van der Waals surface area contributed by atoms with Crippen LogP contribution >= 0.6 is 47.8 Å². The number of nitrogens with zero attached hydrogens (tertiary/aromatic N) is 2. The molecule has 2 aromatic rings. The fourth-order valence-electron chi connectivity index (χ4n) is 2.88. The highest BCUT2D eigenvalue weighted by molar-refractivity contribution is 7.09. The predicted octanol–water partition coefficient (Wildman–Crippen LogP) is 4.49. The lowest BCUT2D eigenvalue weighted by atomic mass is 10.0. The minimum atomic E-state index is 0. The van der Waals surface area contributed by atoms with E-state index in [1.165, 1.54) is 5.56 Å². The Balaban J connectivity index is 0.00000156. The Morgan fingerprint density at radius 3 is 2.88 bits per heavy atom. The number of ether oxygens (including phenoxy) is 1. The Morgan fingerprint density at radius 2 is 2.16 bits per heavy atom. The van der Waals surface area contributed by atoms with Crippen molar-refractivity contribution in [2.45, 2.75) is 25.6 Å². The fourth-order valence-corrected chi connectivity index (χ4v) is 3.98. The van der Waals surface area contributed by atoms with E-state index in [-0.39, 0.29) is 37.0 Å². The first-order valence-corrected chi connectivity index (χ1v) is 9.11. The average Bonchev–Trinajstić information content (AvgIpc) is 3.04. The molecule has 1 saturated heterocycles. The highest BCUT2D eigenvalue weighted by Gasteiger charge is 2.26. The van der Waals surface area contributed by atoms with Crippen LogP contribution in [0.4, 0.5) is 0 Å².